The lowest BCUT2D eigenvalue weighted by Gasteiger charge is -2.36. The number of amides is 2. The lowest BCUT2D eigenvalue weighted by molar-refractivity contribution is 0.1000. The summed E-state index contributed by atoms with van der Waals surface area (Å²) in [5.74, 6) is -0.552. The first-order valence-corrected chi connectivity index (χ1v) is 8.72. The van der Waals surface area contributed by atoms with Crippen molar-refractivity contribution in [1.82, 2.24) is 5.32 Å². The summed E-state index contributed by atoms with van der Waals surface area (Å²) < 4.78 is 5.21. The molecule has 0 atom stereocenters. The molecule has 7 heteroatoms. The lowest BCUT2D eigenvalue weighted by Crippen LogP contribution is -2.49. The summed E-state index contributed by atoms with van der Waals surface area (Å²) >= 11 is 6.04. The van der Waals surface area contributed by atoms with Gasteiger partial charge in [0.25, 0.3) is 0 Å². The molecule has 136 valence electrons. The van der Waals surface area contributed by atoms with Crippen molar-refractivity contribution in [2.24, 2.45) is 5.73 Å². The van der Waals surface area contributed by atoms with E-state index in [2.05, 4.69) is 10.6 Å². The number of anilines is 1. The van der Waals surface area contributed by atoms with Crippen LogP contribution in [0.1, 0.15) is 28.8 Å². The highest BCUT2D eigenvalue weighted by Crippen LogP contribution is 2.27. The highest BCUT2D eigenvalue weighted by atomic mass is 35.5. The third-order valence-corrected chi connectivity index (χ3v) is 4.59. The van der Waals surface area contributed by atoms with Crippen LogP contribution in [0.4, 0.5) is 10.5 Å². The van der Waals surface area contributed by atoms with Gasteiger partial charge >= 0.3 is 6.09 Å². The first-order valence-electron chi connectivity index (χ1n) is 8.34. The molecule has 0 radical (unpaired) electrons. The van der Waals surface area contributed by atoms with E-state index in [-0.39, 0.29) is 18.7 Å². The maximum Gasteiger partial charge on any atom is 0.407 e. The monoisotopic (exact) mass is 373 g/mol. The predicted molar refractivity (Wildman–Crippen MR) is 100 cm³/mol. The van der Waals surface area contributed by atoms with Gasteiger partial charge in [0.1, 0.15) is 6.61 Å². The summed E-state index contributed by atoms with van der Waals surface area (Å²) in [6.45, 7) is 0.256. The molecule has 2 amide bonds. The molecule has 0 heterocycles. The fraction of sp³-hybridized carbons (Fsp3) is 0.263. The van der Waals surface area contributed by atoms with Gasteiger partial charge in [0.05, 0.1) is 10.6 Å². The van der Waals surface area contributed by atoms with Crippen LogP contribution in [0.3, 0.4) is 0 Å². The molecule has 1 aliphatic carbocycles. The molecule has 0 bridgehead atoms. The van der Waals surface area contributed by atoms with E-state index in [4.69, 9.17) is 22.1 Å². The highest BCUT2D eigenvalue weighted by Gasteiger charge is 2.30. The molecule has 0 saturated heterocycles. The first kappa shape index (κ1) is 18.1. The number of primary amides is 1. The second-order valence-corrected chi connectivity index (χ2v) is 6.68. The summed E-state index contributed by atoms with van der Waals surface area (Å²) in [6.07, 6.45) is 1.16. The highest BCUT2D eigenvalue weighted by molar-refractivity contribution is 6.34. The number of rotatable bonds is 6. The minimum atomic E-state index is -0.552. The Kier molecular flexibility index (Phi) is 5.63. The Morgan fingerprint density at radius 3 is 2.50 bits per heavy atom. The molecule has 26 heavy (non-hydrogen) atoms. The molecule has 0 spiro atoms. The van der Waals surface area contributed by atoms with E-state index in [0.717, 1.165) is 24.1 Å². The first-order chi connectivity index (χ1) is 12.5. The number of nitrogens with two attached hydrogens (primary N) is 1. The number of ether oxygens (including phenoxy) is 1. The molecule has 2 aromatic carbocycles. The summed E-state index contributed by atoms with van der Waals surface area (Å²) in [5.41, 5.74) is 7.30. The van der Waals surface area contributed by atoms with Crippen molar-refractivity contribution in [1.29, 1.82) is 0 Å². The van der Waals surface area contributed by atoms with Gasteiger partial charge in [-0.15, -0.1) is 0 Å². The van der Waals surface area contributed by atoms with E-state index in [1.54, 1.807) is 18.2 Å². The summed E-state index contributed by atoms with van der Waals surface area (Å²) in [5, 5.41) is 6.49. The molecule has 4 N–H and O–H groups in total. The fourth-order valence-electron chi connectivity index (χ4n) is 2.83. The number of carbonyl (C=O) groups is 2. The number of halogens is 1. The maximum atomic E-state index is 11.8. The molecule has 0 aromatic heterocycles. The van der Waals surface area contributed by atoms with E-state index < -0.39 is 12.0 Å². The Labute approximate surface area is 156 Å². The number of alkyl carbamates (subject to hydrolysis) is 1. The SMILES string of the molecule is NC(=O)c1ccc(NC2CC(NC(=O)OCc3ccccc3)C2)cc1Cl. The number of nitrogens with one attached hydrogen (secondary N) is 2. The van der Waals surface area contributed by atoms with Crippen molar-refractivity contribution in [3.63, 3.8) is 0 Å². The second kappa shape index (κ2) is 8.10. The molecule has 0 unspecified atom stereocenters. The zero-order valence-electron chi connectivity index (χ0n) is 14.1. The molecule has 1 aliphatic rings. The number of hydrogen-bond donors (Lipinski definition) is 3. The van der Waals surface area contributed by atoms with E-state index in [1.165, 1.54) is 0 Å². The Morgan fingerprint density at radius 2 is 1.85 bits per heavy atom. The third-order valence-electron chi connectivity index (χ3n) is 4.28. The van der Waals surface area contributed by atoms with Crippen LogP contribution in [0.2, 0.25) is 5.02 Å². The van der Waals surface area contributed by atoms with Gasteiger partial charge in [-0.25, -0.2) is 4.79 Å². The normalized spacial score (nSPS) is 18.5. The van der Waals surface area contributed by atoms with Crippen molar-refractivity contribution >= 4 is 29.3 Å². The predicted octanol–water partition coefficient (Wildman–Crippen LogP) is 3.31. The van der Waals surface area contributed by atoms with E-state index in [0.29, 0.717) is 10.6 Å². The number of carbonyl (C=O) groups excluding carboxylic acids is 2. The maximum absolute atomic E-state index is 11.8. The standard InChI is InChI=1S/C19H20ClN3O3/c20-17-10-13(6-7-16(17)18(21)24)22-14-8-15(9-14)23-19(25)26-11-12-4-2-1-3-5-12/h1-7,10,14-15,22H,8-9,11H2,(H2,21,24)(H,23,25). The van der Waals surface area contributed by atoms with Gasteiger partial charge in [0.2, 0.25) is 5.91 Å². The van der Waals surface area contributed by atoms with Crippen molar-refractivity contribution in [3.05, 3.63) is 64.7 Å². The summed E-state index contributed by atoms with van der Waals surface area (Å²) in [6, 6.07) is 14.9. The number of hydrogen-bond acceptors (Lipinski definition) is 4. The Hall–Kier alpha value is -2.73. The molecule has 6 nitrogen and oxygen atoms in total. The molecule has 3 rings (SSSR count). The Morgan fingerprint density at radius 1 is 1.12 bits per heavy atom. The fourth-order valence-corrected chi connectivity index (χ4v) is 3.10. The van der Waals surface area contributed by atoms with Crippen LogP contribution in [0.15, 0.2) is 48.5 Å². The van der Waals surface area contributed by atoms with Gasteiger partial charge in [0.15, 0.2) is 0 Å². The minimum Gasteiger partial charge on any atom is -0.445 e. The van der Waals surface area contributed by atoms with Crippen molar-refractivity contribution in [2.45, 2.75) is 31.5 Å². The largest absolute Gasteiger partial charge is 0.445 e. The Balaban J connectivity index is 1.39. The van der Waals surface area contributed by atoms with Crippen LogP contribution >= 0.6 is 11.6 Å². The van der Waals surface area contributed by atoms with Crippen molar-refractivity contribution in [3.8, 4) is 0 Å². The average molecular weight is 374 g/mol. The molecule has 1 saturated carbocycles. The summed E-state index contributed by atoms with van der Waals surface area (Å²) in [7, 11) is 0. The molecular weight excluding hydrogens is 354 g/mol. The molecular formula is C19H20ClN3O3. The van der Waals surface area contributed by atoms with Crippen LogP contribution in [0, 0.1) is 0 Å². The molecule has 0 aliphatic heterocycles. The van der Waals surface area contributed by atoms with Gasteiger partial charge < -0.3 is 21.1 Å². The third kappa shape index (κ3) is 4.67. The topological polar surface area (TPSA) is 93.5 Å². The quantitative estimate of drug-likeness (QED) is 0.724. The van der Waals surface area contributed by atoms with Crippen LogP contribution in [-0.2, 0) is 11.3 Å². The van der Waals surface area contributed by atoms with Gasteiger partial charge in [-0.3, -0.25) is 4.79 Å². The zero-order valence-corrected chi connectivity index (χ0v) is 14.8. The molecule has 2 aromatic rings. The van der Waals surface area contributed by atoms with Crippen LogP contribution in [0.25, 0.3) is 0 Å². The van der Waals surface area contributed by atoms with Gasteiger partial charge in [-0.2, -0.15) is 0 Å². The smallest absolute Gasteiger partial charge is 0.407 e. The van der Waals surface area contributed by atoms with E-state index in [9.17, 15) is 9.59 Å². The second-order valence-electron chi connectivity index (χ2n) is 6.27. The van der Waals surface area contributed by atoms with Crippen molar-refractivity contribution in [2.75, 3.05) is 5.32 Å². The van der Waals surface area contributed by atoms with Crippen molar-refractivity contribution < 1.29 is 14.3 Å². The van der Waals surface area contributed by atoms with Crippen LogP contribution < -0.4 is 16.4 Å². The zero-order chi connectivity index (χ0) is 18.5. The lowest BCUT2D eigenvalue weighted by atomic mass is 9.86. The van der Waals surface area contributed by atoms with Gasteiger partial charge in [0, 0.05) is 17.8 Å². The number of benzene rings is 2. The van der Waals surface area contributed by atoms with Crippen LogP contribution in [0.5, 0.6) is 0 Å². The van der Waals surface area contributed by atoms with E-state index >= 15 is 0 Å². The average Bonchev–Trinajstić information content (AvgIpc) is 2.59. The van der Waals surface area contributed by atoms with Gasteiger partial charge in [-0.1, -0.05) is 41.9 Å². The van der Waals surface area contributed by atoms with Crippen LogP contribution in [-0.4, -0.2) is 24.1 Å². The Bertz CT molecular complexity index is 792. The minimum absolute atomic E-state index is 0.0798. The molecule has 1 fully saturated rings. The summed E-state index contributed by atoms with van der Waals surface area (Å²) in [4.78, 5) is 23.0. The van der Waals surface area contributed by atoms with E-state index in [1.807, 2.05) is 30.3 Å². The van der Waals surface area contributed by atoms with Gasteiger partial charge in [-0.05, 0) is 36.6 Å².